The normalized spacial score (nSPS) is 15.0. The van der Waals surface area contributed by atoms with Gasteiger partial charge in [-0.15, -0.1) is 0 Å². The number of hydrogen-bond donors (Lipinski definition) is 2. The number of likely N-dealkylation sites (N-methyl/N-ethyl adjacent to an activating group) is 2. The number of amides is 1. The highest BCUT2D eigenvalue weighted by Crippen LogP contribution is 2.26. The summed E-state index contributed by atoms with van der Waals surface area (Å²) in [5.74, 6) is -0.213. The van der Waals surface area contributed by atoms with E-state index in [1.807, 2.05) is 43.3 Å². The lowest BCUT2D eigenvalue weighted by Gasteiger charge is -2.34. The van der Waals surface area contributed by atoms with Crippen LogP contribution in [-0.4, -0.2) is 91.6 Å². The van der Waals surface area contributed by atoms with E-state index < -0.39 is 15.9 Å². The smallest absolute Gasteiger partial charge is 0.255 e. The fraction of sp³-hybridized carbons (Fsp3) is 0.435. The first-order chi connectivity index (χ1) is 15.7. The van der Waals surface area contributed by atoms with Crippen LogP contribution in [0.15, 0.2) is 47.4 Å². The Kier molecular flexibility index (Phi) is 8.30. The number of carbonyl (C=O) groups excluding carboxylic acids is 1. The second-order valence-electron chi connectivity index (χ2n) is 8.36. The van der Waals surface area contributed by atoms with Crippen molar-refractivity contribution in [3.63, 3.8) is 0 Å². The first kappa shape index (κ1) is 25.0. The van der Waals surface area contributed by atoms with Gasteiger partial charge in [-0.2, -0.15) is 0 Å². The second-order valence-corrected chi connectivity index (χ2v) is 10.1. The van der Waals surface area contributed by atoms with Gasteiger partial charge in [-0.1, -0.05) is 0 Å². The number of nitrogens with zero attached hydrogens (tertiary/aromatic N) is 3. The van der Waals surface area contributed by atoms with Crippen molar-refractivity contribution in [3.8, 4) is 5.75 Å². The Morgan fingerprint density at radius 3 is 2.33 bits per heavy atom. The van der Waals surface area contributed by atoms with E-state index in [0.717, 1.165) is 31.9 Å². The standard InChI is InChI=1S/C23H33N5O4S/c1-26(2)12-11-24-33(30,31)22-17-18(5-10-21(22)32-4)23(29)25-19-6-8-20(9-7-19)28-15-13-27(3)14-16-28/h5-10,17,24H,11-16H2,1-4H3,(H,25,29). The molecule has 10 heteroatoms. The monoisotopic (exact) mass is 475 g/mol. The van der Waals surface area contributed by atoms with Gasteiger partial charge in [0.25, 0.3) is 5.91 Å². The summed E-state index contributed by atoms with van der Waals surface area (Å²) in [5, 5.41) is 2.84. The van der Waals surface area contributed by atoms with Crippen LogP contribution in [0.3, 0.4) is 0 Å². The number of sulfonamides is 1. The minimum Gasteiger partial charge on any atom is -0.495 e. The molecule has 0 saturated carbocycles. The van der Waals surface area contributed by atoms with Crippen LogP contribution < -0.4 is 19.7 Å². The molecule has 1 saturated heterocycles. The van der Waals surface area contributed by atoms with Crippen molar-refractivity contribution >= 4 is 27.3 Å². The van der Waals surface area contributed by atoms with E-state index in [9.17, 15) is 13.2 Å². The Morgan fingerprint density at radius 1 is 1.06 bits per heavy atom. The molecule has 0 bridgehead atoms. The lowest BCUT2D eigenvalue weighted by molar-refractivity contribution is 0.102. The molecule has 0 unspecified atom stereocenters. The van der Waals surface area contributed by atoms with Gasteiger partial charge in [0.05, 0.1) is 7.11 Å². The number of methoxy groups -OCH3 is 1. The Bertz CT molecular complexity index is 1050. The van der Waals surface area contributed by atoms with Gasteiger partial charge in [-0.05, 0) is 63.6 Å². The predicted molar refractivity (Wildman–Crippen MR) is 131 cm³/mol. The summed E-state index contributed by atoms with van der Waals surface area (Å²) in [6.45, 7) is 4.76. The SMILES string of the molecule is COc1ccc(C(=O)Nc2ccc(N3CCN(C)CC3)cc2)cc1S(=O)(=O)NCCN(C)C. The maximum absolute atomic E-state index is 12.8. The molecule has 0 aliphatic carbocycles. The summed E-state index contributed by atoms with van der Waals surface area (Å²) in [4.78, 5) is 19.2. The highest BCUT2D eigenvalue weighted by Gasteiger charge is 2.22. The predicted octanol–water partition coefficient (Wildman–Crippen LogP) is 1.54. The third-order valence-electron chi connectivity index (χ3n) is 5.56. The Hall–Kier alpha value is -2.66. The van der Waals surface area contributed by atoms with Crippen LogP contribution >= 0.6 is 0 Å². The fourth-order valence-corrected chi connectivity index (χ4v) is 4.75. The van der Waals surface area contributed by atoms with Crippen molar-refractivity contribution in [1.82, 2.24) is 14.5 Å². The molecular weight excluding hydrogens is 442 g/mol. The molecule has 0 aromatic heterocycles. The molecule has 33 heavy (non-hydrogen) atoms. The molecule has 0 atom stereocenters. The number of nitrogens with one attached hydrogen (secondary N) is 2. The maximum Gasteiger partial charge on any atom is 0.255 e. The molecule has 0 radical (unpaired) electrons. The van der Waals surface area contributed by atoms with E-state index in [0.29, 0.717) is 12.2 Å². The average Bonchev–Trinajstić information content (AvgIpc) is 2.79. The molecule has 1 heterocycles. The van der Waals surface area contributed by atoms with Crippen LogP contribution in [0, 0.1) is 0 Å². The zero-order valence-corrected chi connectivity index (χ0v) is 20.5. The molecule has 1 fully saturated rings. The molecule has 3 rings (SSSR count). The van der Waals surface area contributed by atoms with Crippen molar-refractivity contribution < 1.29 is 17.9 Å². The molecular formula is C23H33N5O4S. The second kappa shape index (κ2) is 11.0. The van der Waals surface area contributed by atoms with E-state index in [1.54, 1.807) is 6.07 Å². The third kappa shape index (κ3) is 6.67. The highest BCUT2D eigenvalue weighted by atomic mass is 32.2. The first-order valence-corrected chi connectivity index (χ1v) is 12.4. The lowest BCUT2D eigenvalue weighted by Crippen LogP contribution is -2.44. The third-order valence-corrected chi connectivity index (χ3v) is 7.04. The van der Waals surface area contributed by atoms with E-state index >= 15 is 0 Å². The van der Waals surface area contributed by atoms with E-state index in [-0.39, 0.29) is 22.8 Å². The Balaban J connectivity index is 1.71. The molecule has 2 aromatic rings. The van der Waals surface area contributed by atoms with E-state index in [4.69, 9.17) is 4.74 Å². The van der Waals surface area contributed by atoms with Gasteiger partial charge < -0.3 is 24.8 Å². The first-order valence-electron chi connectivity index (χ1n) is 10.9. The van der Waals surface area contributed by atoms with Gasteiger partial charge in [-0.25, -0.2) is 13.1 Å². The van der Waals surface area contributed by atoms with Gasteiger partial charge >= 0.3 is 0 Å². The van der Waals surface area contributed by atoms with Crippen LogP contribution in [0.5, 0.6) is 5.75 Å². The number of piperazine rings is 1. The summed E-state index contributed by atoms with van der Waals surface area (Å²) in [7, 11) is 3.39. The van der Waals surface area contributed by atoms with E-state index in [1.165, 1.54) is 19.2 Å². The van der Waals surface area contributed by atoms with E-state index in [2.05, 4.69) is 26.9 Å². The molecule has 1 amide bonds. The quantitative estimate of drug-likeness (QED) is 0.568. The van der Waals surface area contributed by atoms with Crippen molar-refractivity contribution in [2.75, 3.05) is 77.7 Å². The van der Waals surface area contributed by atoms with Crippen LogP contribution in [0.1, 0.15) is 10.4 Å². The van der Waals surface area contributed by atoms with Gasteiger partial charge in [0.15, 0.2) is 0 Å². The molecule has 2 N–H and O–H groups in total. The number of rotatable bonds is 9. The van der Waals surface area contributed by atoms with Crippen molar-refractivity contribution in [1.29, 1.82) is 0 Å². The minimum atomic E-state index is -3.84. The molecule has 2 aromatic carbocycles. The minimum absolute atomic E-state index is 0.0678. The fourth-order valence-electron chi connectivity index (χ4n) is 3.53. The summed E-state index contributed by atoms with van der Waals surface area (Å²) >= 11 is 0. The van der Waals surface area contributed by atoms with Gasteiger partial charge in [0.2, 0.25) is 10.0 Å². The Morgan fingerprint density at radius 2 is 1.73 bits per heavy atom. The summed E-state index contributed by atoms with van der Waals surface area (Å²) in [5.41, 5.74) is 1.98. The molecule has 1 aliphatic rings. The molecule has 1 aliphatic heterocycles. The maximum atomic E-state index is 12.8. The largest absolute Gasteiger partial charge is 0.495 e. The van der Waals surface area contributed by atoms with Crippen LogP contribution in [0.25, 0.3) is 0 Å². The van der Waals surface area contributed by atoms with Crippen molar-refractivity contribution in [2.45, 2.75) is 4.90 Å². The molecule has 9 nitrogen and oxygen atoms in total. The zero-order chi connectivity index (χ0) is 24.0. The number of hydrogen-bond acceptors (Lipinski definition) is 7. The summed E-state index contributed by atoms with van der Waals surface area (Å²) in [6.07, 6.45) is 0. The summed E-state index contributed by atoms with van der Waals surface area (Å²) in [6, 6.07) is 12.1. The average molecular weight is 476 g/mol. The van der Waals surface area contributed by atoms with Gasteiger partial charge in [0.1, 0.15) is 10.6 Å². The topological polar surface area (TPSA) is 94.2 Å². The molecule has 180 valence electrons. The summed E-state index contributed by atoms with van der Waals surface area (Å²) < 4.78 is 33.3. The Labute approximate surface area is 196 Å². The van der Waals surface area contributed by atoms with Gasteiger partial charge in [-0.3, -0.25) is 4.79 Å². The highest BCUT2D eigenvalue weighted by molar-refractivity contribution is 7.89. The number of anilines is 2. The van der Waals surface area contributed by atoms with Crippen molar-refractivity contribution in [2.24, 2.45) is 0 Å². The van der Waals surface area contributed by atoms with Crippen molar-refractivity contribution in [3.05, 3.63) is 48.0 Å². The number of ether oxygens (including phenoxy) is 1. The number of carbonyl (C=O) groups is 1. The lowest BCUT2D eigenvalue weighted by atomic mass is 10.2. The van der Waals surface area contributed by atoms with Crippen LogP contribution in [0.4, 0.5) is 11.4 Å². The van der Waals surface area contributed by atoms with Crippen LogP contribution in [-0.2, 0) is 10.0 Å². The molecule has 0 spiro atoms. The number of benzene rings is 2. The zero-order valence-electron chi connectivity index (χ0n) is 19.7. The van der Waals surface area contributed by atoms with Crippen LogP contribution in [0.2, 0.25) is 0 Å². The van der Waals surface area contributed by atoms with Gasteiger partial charge in [0, 0.05) is 56.2 Å².